The molecule has 1 aliphatic rings. The summed E-state index contributed by atoms with van der Waals surface area (Å²) in [5, 5.41) is 7.35. The molecule has 3 aromatic rings. The van der Waals surface area contributed by atoms with Crippen molar-refractivity contribution in [1.82, 2.24) is 19.9 Å². The van der Waals surface area contributed by atoms with Gasteiger partial charge >= 0.3 is 0 Å². The van der Waals surface area contributed by atoms with Gasteiger partial charge in [0.25, 0.3) is 0 Å². The molecule has 2 heterocycles. The van der Waals surface area contributed by atoms with Crippen LogP contribution < -0.4 is 10.6 Å². The second kappa shape index (κ2) is 8.02. The van der Waals surface area contributed by atoms with Gasteiger partial charge in [-0.3, -0.25) is 0 Å². The van der Waals surface area contributed by atoms with Gasteiger partial charge in [0.05, 0.1) is 12.3 Å². The summed E-state index contributed by atoms with van der Waals surface area (Å²) in [5.74, 6) is 1.21. The zero-order chi connectivity index (χ0) is 18.6. The summed E-state index contributed by atoms with van der Waals surface area (Å²) in [4.78, 5) is 17.7. The Kier molecular flexibility index (Phi) is 5.31. The molecule has 4 rings (SSSR count). The molecule has 0 aliphatic heterocycles. The number of aromatic nitrogens is 4. The van der Waals surface area contributed by atoms with Gasteiger partial charge in [0.15, 0.2) is 5.82 Å². The van der Waals surface area contributed by atoms with Gasteiger partial charge in [-0.1, -0.05) is 17.7 Å². The van der Waals surface area contributed by atoms with Crippen molar-refractivity contribution in [1.29, 1.82) is 0 Å². The van der Waals surface area contributed by atoms with Crippen molar-refractivity contribution in [3.8, 4) is 0 Å². The zero-order valence-electron chi connectivity index (χ0n) is 15.0. The van der Waals surface area contributed by atoms with Crippen molar-refractivity contribution in [3.05, 3.63) is 41.8 Å². The van der Waals surface area contributed by atoms with Crippen LogP contribution in [0.4, 0.5) is 17.5 Å². The molecule has 0 spiro atoms. The summed E-state index contributed by atoms with van der Waals surface area (Å²) >= 11 is 6.07. The molecule has 27 heavy (non-hydrogen) atoms. The number of halogens is 1. The van der Waals surface area contributed by atoms with Crippen LogP contribution in [0, 0.1) is 0 Å². The quantitative estimate of drug-likeness (QED) is 0.682. The highest BCUT2D eigenvalue weighted by Crippen LogP contribution is 2.26. The lowest BCUT2D eigenvalue weighted by atomic mass is 9.93. The van der Waals surface area contributed by atoms with Crippen LogP contribution in [-0.2, 0) is 4.74 Å². The molecule has 140 valence electrons. The lowest BCUT2D eigenvalue weighted by Crippen LogP contribution is -2.29. The van der Waals surface area contributed by atoms with E-state index in [2.05, 4.69) is 30.6 Å². The average molecular weight is 385 g/mol. The molecular weight excluding hydrogens is 364 g/mol. The maximum atomic E-state index is 6.07. The van der Waals surface area contributed by atoms with Crippen LogP contribution >= 0.6 is 11.6 Å². The van der Waals surface area contributed by atoms with Crippen molar-refractivity contribution < 1.29 is 4.74 Å². The third kappa shape index (κ3) is 4.26. The minimum atomic E-state index is 0.350. The lowest BCUT2D eigenvalue weighted by Gasteiger charge is -2.28. The largest absolute Gasteiger partial charge is 0.381 e. The molecule has 0 radical (unpaired) electrons. The number of nitrogens with zero attached hydrogens (tertiary/aromatic N) is 4. The van der Waals surface area contributed by atoms with Crippen molar-refractivity contribution in [2.24, 2.45) is 0 Å². The van der Waals surface area contributed by atoms with E-state index in [1.165, 1.54) is 6.33 Å². The Morgan fingerprint density at radius 3 is 2.74 bits per heavy atom. The van der Waals surface area contributed by atoms with E-state index in [0.29, 0.717) is 40.0 Å². The molecule has 0 amide bonds. The maximum Gasteiger partial charge on any atom is 0.223 e. The fourth-order valence-electron chi connectivity index (χ4n) is 3.34. The molecular formula is C19H21ClN6O. The SMILES string of the molecule is COC1CCC(Nc2ncc3ncnc(Nc4cccc(Cl)c4)c3n2)CC1. The van der Waals surface area contributed by atoms with Gasteiger partial charge in [-0.05, 0) is 43.9 Å². The summed E-state index contributed by atoms with van der Waals surface area (Å²) in [6.45, 7) is 0. The van der Waals surface area contributed by atoms with E-state index in [-0.39, 0.29) is 0 Å². The highest BCUT2D eigenvalue weighted by Gasteiger charge is 2.21. The van der Waals surface area contributed by atoms with Gasteiger partial charge in [0.1, 0.15) is 17.4 Å². The number of anilines is 3. The Morgan fingerprint density at radius 2 is 1.96 bits per heavy atom. The van der Waals surface area contributed by atoms with Gasteiger partial charge in [0.2, 0.25) is 5.95 Å². The molecule has 7 nitrogen and oxygen atoms in total. The zero-order valence-corrected chi connectivity index (χ0v) is 15.8. The lowest BCUT2D eigenvalue weighted by molar-refractivity contribution is 0.0681. The number of methoxy groups -OCH3 is 1. The Hall–Kier alpha value is -2.51. The second-order valence-corrected chi connectivity index (χ2v) is 7.08. The first kappa shape index (κ1) is 17.9. The fourth-order valence-corrected chi connectivity index (χ4v) is 3.53. The molecule has 0 bridgehead atoms. The van der Waals surface area contributed by atoms with Crippen LogP contribution in [0.2, 0.25) is 5.02 Å². The first-order valence-corrected chi connectivity index (χ1v) is 9.39. The van der Waals surface area contributed by atoms with Crippen molar-refractivity contribution in [2.45, 2.75) is 37.8 Å². The molecule has 0 saturated heterocycles. The molecule has 2 N–H and O–H groups in total. The van der Waals surface area contributed by atoms with Crippen molar-refractivity contribution in [3.63, 3.8) is 0 Å². The normalized spacial score (nSPS) is 19.8. The average Bonchev–Trinajstić information content (AvgIpc) is 2.69. The minimum Gasteiger partial charge on any atom is -0.381 e. The van der Waals surface area contributed by atoms with Crippen LogP contribution in [0.5, 0.6) is 0 Å². The van der Waals surface area contributed by atoms with E-state index >= 15 is 0 Å². The summed E-state index contributed by atoms with van der Waals surface area (Å²) in [6, 6.07) is 7.82. The molecule has 2 aromatic heterocycles. The van der Waals surface area contributed by atoms with Crippen LogP contribution in [0.15, 0.2) is 36.8 Å². The first-order chi connectivity index (χ1) is 13.2. The smallest absolute Gasteiger partial charge is 0.223 e. The van der Waals surface area contributed by atoms with E-state index in [4.69, 9.17) is 16.3 Å². The summed E-state index contributed by atoms with van der Waals surface area (Å²) in [6.07, 6.45) is 7.76. The van der Waals surface area contributed by atoms with E-state index < -0.39 is 0 Å². The first-order valence-electron chi connectivity index (χ1n) is 9.01. The van der Waals surface area contributed by atoms with Gasteiger partial charge in [0, 0.05) is 23.9 Å². The summed E-state index contributed by atoms with van der Waals surface area (Å²) in [7, 11) is 1.78. The highest BCUT2D eigenvalue weighted by atomic mass is 35.5. The van der Waals surface area contributed by atoms with Gasteiger partial charge in [-0.25, -0.2) is 19.9 Å². The highest BCUT2D eigenvalue weighted by molar-refractivity contribution is 6.30. The van der Waals surface area contributed by atoms with Crippen LogP contribution in [0.25, 0.3) is 11.0 Å². The predicted octanol–water partition coefficient (Wildman–Crippen LogP) is 4.19. The van der Waals surface area contributed by atoms with Crippen molar-refractivity contribution >= 4 is 40.1 Å². The molecule has 0 atom stereocenters. The van der Waals surface area contributed by atoms with E-state index in [9.17, 15) is 0 Å². The number of hydrogen-bond donors (Lipinski definition) is 2. The minimum absolute atomic E-state index is 0.350. The molecule has 1 aliphatic carbocycles. The maximum absolute atomic E-state index is 6.07. The van der Waals surface area contributed by atoms with E-state index in [1.54, 1.807) is 13.3 Å². The number of fused-ring (bicyclic) bond motifs is 1. The fraction of sp³-hybridized carbons (Fsp3) is 0.368. The van der Waals surface area contributed by atoms with Crippen LogP contribution in [0.3, 0.4) is 0 Å². The van der Waals surface area contributed by atoms with Gasteiger partial charge < -0.3 is 15.4 Å². The Morgan fingerprint density at radius 1 is 1.11 bits per heavy atom. The Labute approximate surface area is 162 Å². The monoisotopic (exact) mass is 384 g/mol. The predicted molar refractivity (Wildman–Crippen MR) is 107 cm³/mol. The molecule has 8 heteroatoms. The third-order valence-electron chi connectivity index (χ3n) is 4.81. The van der Waals surface area contributed by atoms with Crippen LogP contribution in [-0.4, -0.2) is 39.2 Å². The summed E-state index contributed by atoms with van der Waals surface area (Å²) < 4.78 is 5.43. The van der Waals surface area contributed by atoms with Crippen LogP contribution in [0.1, 0.15) is 25.7 Å². The van der Waals surface area contributed by atoms with Gasteiger partial charge in [-0.2, -0.15) is 0 Å². The molecule has 1 fully saturated rings. The number of rotatable bonds is 5. The number of benzene rings is 1. The number of nitrogens with one attached hydrogen (secondary N) is 2. The number of ether oxygens (including phenoxy) is 1. The van der Waals surface area contributed by atoms with Crippen molar-refractivity contribution in [2.75, 3.05) is 17.7 Å². The second-order valence-electron chi connectivity index (χ2n) is 6.64. The van der Waals surface area contributed by atoms with Gasteiger partial charge in [-0.15, -0.1) is 0 Å². The van der Waals surface area contributed by atoms with E-state index in [0.717, 1.165) is 31.4 Å². The molecule has 1 saturated carbocycles. The Bertz CT molecular complexity index is 929. The number of hydrogen-bond acceptors (Lipinski definition) is 7. The van der Waals surface area contributed by atoms with E-state index in [1.807, 2.05) is 24.3 Å². The topological polar surface area (TPSA) is 84.8 Å². The third-order valence-corrected chi connectivity index (χ3v) is 5.04. The molecule has 0 unspecified atom stereocenters. The molecule has 1 aromatic carbocycles. The Balaban J connectivity index is 1.56. The summed E-state index contributed by atoms with van der Waals surface area (Å²) in [5.41, 5.74) is 2.19. The standard InChI is InChI=1S/C19H21ClN6O/c1-27-15-7-5-13(6-8-15)25-19-21-10-16-17(26-19)18(23-11-22-16)24-14-4-2-3-12(20)9-14/h2-4,9-11,13,15H,5-8H2,1H3,(H,21,25,26)(H,22,23,24).